The lowest BCUT2D eigenvalue weighted by Crippen LogP contribution is -2.34. The highest BCUT2D eigenvalue weighted by atomic mass is 32.2. The Morgan fingerprint density at radius 1 is 1.42 bits per heavy atom. The SMILES string of the molecule is CCCCSC12OC1C(=O)c1c(O)cccc1C2=O. The fraction of sp³-hybridized carbons (Fsp3) is 0.429. The molecule has 0 amide bonds. The highest BCUT2D eigenvalue weighted by molar-refractivity contribution is 8.01. The van der Waals surface area contributed by atoms with Crippen LogP contribution in [-0.2, 0) is 4.74 Å². The minimum Gasteiger partial charge on any atom is -0.507 e. The van der Waals surface area contributed by atoms with E-state index in [0.29, 0.717) is 0 Å². The van der Waals surface area contributed by atoms with Gasteiger partial charge >= 0.3 is 0 Å². The van der Waals surface area contributed by atoms with Crippen LogP contribution in [0.1, 0.15) is 40.5 Å². The summed E-state index contributed by atoms with van der Waals surface area (Å²) in [4.78, 5) is 23.7. The molecule has 19 heavy (non-hydrogen) atoms. The molecular weight excluding hydrogens is 264 g/mol. The van der Waals surface area contributed by atoms with Crippen molar-refractivity contribution >= 4 is 23.3 Å². The normalized spacial score (nSPS) is 27.9. The number of phenolic OH excluding ortho intramolecular Hbond substituents is 1. The minimum absolute atomic E-state index is 0.113. The third-order valence-electron chi connectivity index (χ3n) is 3.48. The van der Waals surface area contributed by atoms with E-state index >= 15 is 0 Å². The molecule has 100 valence electrons. The third kappa shape index (κ3) is 1.72. The summed E-state index contributed by atoms with van der Waals surface area (Å²) in [5.74, 6) is 0.180. The maximum Gasteiger partial charge on any atom is 0.211 e. The van der Waals surface area contributed by atoms with Crippen molar-refractivity contribution in [1.29, 1.82) is 0 Å². The molecule has 3 rings (SSSR count). The van der Waals surface area contributed by atoms with E-state index in [1.807, 2.05) is 0 Å². The van der Waals surface area contributed by atoms with Gasteiger partial charge < -0.3 is 9.84 Å². The first-order valence-corrected chi connectivity index (χ1v) is 7.33. The Morgan fingerprint density at radius 2 is 2.21 bits per heavy atom. The van der Waals surface area contributed by atoms with E-state index in [0.717, 1.165) is 18.6 Å². The van der Waals surface area contributed by atoms with Crippen molar-refractivity contribution < 1.29 is 19.4 Å². The van der Waals surface area contributed by atoms with Crippen LogP contribution in [-0.4, -0.2) is 33.5 Å². The fourth-order valence-corrected chi connectivity index (χ4v) is 3.79. The summed E-state index contributed by atoms with van der Waals surface area (Å²) in [6, 6.07) is 4.57. The van der Waals surface area contributed by atoms with E-state index < -0.39 is 11.0 Å². The maximum absolute atomic E-state index is 12.5. The number of thioether (sulfide) groups is 1. The number of ether oxygens (including phenoxy) is 1. The monoisotopic (exact) mass is 278 g/mol. The molecule has 0 radical (unpaired) electrons. The van der Waals surface area contributed by atoms with Gasteiger partial charge in [0.1, 0.15) is 5.75 Å². The molecule has 1 fully saturated rings. The van der Waals surface area contributed by atoms with Gasteiger partial charge in [-0.2, -0.15) is 0 Å². The second-order valence-electron chi connectivity index (χ2n) is 4.76. The van der Waals surface area contributed by atoms with Crippen LogP contribution in [0.5, 0.6) is 5.75 Å². The van der Waals surface area contributed by atoms with Crippen molar-refractivity contribution in [3.63, 3.8) is 0 Å². The number of phenols is 1. The first-order valence-electron chi connectivity index (χ1n) is 6.34. The number of benzene rings is 1. The zero-order valence-corrected chi connectivity index (χ0v) is 11.3. The number of carbonyl (C=O) groups is 2. The number of aromatic hydroxyl groups is 1. The molecule has 1 saturated heterocycles. The van der Waals surface area contributed by atoms with Gasteiger partial charge in [0.15, 0.2) is 6.10 Å². The smallest absolute Gasteiger partial charge is 0.211 e. The number of hydrogen-bond acceptors (Lipinski definition) is 5. The predicted molar refractivity (Wildman–Crippen MR) is 71.7 cm³/mol. The lowest BCUT2D eigenvalue weighted by molar-refractivity contribution is 0.0909. The summed E-state index contributed by atoms with van der Waals surface area (Å²) >= 11 is 1.41. The predicted octanol–water partition coefficient (Wildman–Crippen LogP) is 2.40. The third-order valence-corrected chi connectivity index (χ3v) is 4.90. The Balaban J connectivity index is 1.96. The number of hydrogen-bond donors (Lipinski definition) is 1. The lowest BCUT2D eigenvalue weighted by Gasteiger charge is -2.18. The highest BCUT2D eigenvalue weighted by Gasteiger charge is 2.69. The van der Waals surface area contributed by atoms with Gasteiger partial charge in [0, 0.05) is 5.56 Å². The van der Waals surface area contributed by atoms with Gasteiger partial charge in [-0.3, -0.25) is 9.59 Å². The largest absolute Gasteiger partial charge is 0.507 e. The quantitative estimate of drug-likeness (QED) is 0.676. The van der Waals surface area contributed by atoms with E-state index in [4.69, 9.17) is 4.74 Å². The molecule has 0 aromatic heterocycles. The summed E-state index contributed by atoms with van der Waals surface area (Å²) in [5, 5.41) is 9.74. The summed E-state index contributed by atoms with van der Waals surface area (Å²) in [5.41, 5.74) is 0.393. The van der Waals surface area contributed by atoms with E-state index in [1.54, 1.807) is 12.1 Å². The molecule has 1 aromatic carbocycles. The van der Waals surface area contributed by atoms with E-state index in [-0.39, 0.29) is 28.4 Å². The van der Waals surface area contributed by atoms with Crippen molar-refractivity contribution in [2.45, 2.75) is 30.8 Å². The van der Waals surface area contributed by atoms with E-state index in [2.05, 4.69) is 6.92 Å². The van der Waals surface area contributed by atoms with Crippen LogP contribution in [0.4, 0.5) is 0 Å². The first kappa shape index (κ1) is 12.7. The van der Waals surface area contributed by atoms with Crippen LogP contribution in [0.15, 0.2) is 18.2 Å². The van der Waals surface area contributed by atoms with Crippen LogP contribution < -0.4 is 0 Å². The van der Waals surface area contributed by atoms with Crippen LogP contribution in [0, 0.1) is 0 Å². The Morgan fingerprint density at radius 3 is 2.95 bits per heavy atom. The molecular formula is C14H14O4S. The van der Waals surface area contributed by atoms with Crippen molar-refractivity contribution in [3.8, 4) is 5.75 Å². The number of epoxide rings is 1. The van der Waals surface area contributed by atoms with Gasteiger partial charge in [0.2, 0.25) is 16.5 Å². The van der Waals surface area contributed by atoms with Crippen LogP contribution in [0.25, 0.3) is 0 Å². The Hall–Kier alpha value is -1.33. The minimum atomic E-state index is -1.02. The molecule has 2 atom stereocenters. The molecule has 5 heteroatoms. The standard InChI is InChI=1S/C14H14O4S/c1-2-3-7-19-14-12(17)8-5-4-6-9(15)10(8)11(16)13(14)18-14/h4-6,13,15H,2-3,7H2,1H3. The Kier molecular flexibility index (Phi) is 2.91. The molecule has 0 spiro atoms. The number of fused-ring (bicyclic) bond motifs is 2. The average molecular weight is 278 g/mol. The van der Waals surface area contributed by atoms with Crippen molar-refractivity contribution in [3.05, 3.63) is 29.3 Å². The number of carbonyl (C=O) groups excluding carboxylic acids is 2. The molecule has 1 aliphatic carbocycles. The number of ketones is 2. The van der Waals surface area contributed by atoms with Crippen LogP contribution in [0.2, 0.25) is 0 Å². The Labute approximate surface area is 115 Å². The summed E-state index contributed by atoms with van der Waals surface area (Å²) in [6.45, 7) is 2.07. The summed E-state index contributed by atoms with van der Waals surface area (Å²) < 4.78 is 5.43. The van der Waals surface area contributed by atoms with Gasteiger partial charge in [0.25, 0.3) is 0 Å². The molecule has 1 N–H and O–H groups in total. The molecule has 1 aliphatic heterocycles. The molecule has 1 aromatic rings. The first-order chi connectivity index (χ1) is 9.12. The van der Waals surface area contributed by atoms with Gasteiger partial charge in [-0.05, 0) is 18.2 Å². The molecule has 0 bridgehead atoms. The molecule has 0 saturated carbocycles. The second kappa shape index (κ2) is 4.35. The summed E-state index contributed by atoms with van der Waals surface area (Å²) in [6.07, 6.45) is 1.30. The fourth-order valence-electron chi connectivity index (χ4n) is 2.39. The summed E-state index contributed by atoms with van der Waals surface area (Å²) in [7, 11) is 0. The van der Waals surface area contributed by atoms with E-state index in [1.165, 1.54) is 17.8 Å². The van der Waals surface area contributed by atoms with Crippen LogP contribution in [0.3, 0.4) is 0 Å². The van der Waals surface area contributed by atoms with Gasteiger partial charge in [-0.25, -0.2) is 0 Å². The number of unbranched alkanes of at least 4 members (excludes halogenated alkanes) is 1. The molecule has 2 unspecified atom stereocenters. The van der Waals surface area contributed by atoms with Gasteiger partial charge in [-0.1, -0.05) is 25.5 Å². The lowest BCUT2D eigenvalue weighted by atomic mass is 9.88. The highest BCUT2D eigenvalue weighted by Crippen LogP contribution is 2.54. The average Bonchev–Trinajstić information content (AvgIpc) is 3.13. The van der Waals surface area contributed by atoms with Gasteiger partial charge in [-0.15, -0.1) is 11.8 Å². The zero-order chi connectivity index (χ0) is 13.6. The molecule has 2 aliphatic rings. The number of Topliss-reactive ketones (excluding diaryl/α,β-unsaturated/α-hetero) is 2. The zero-order valence-electron chi connectivity index (χ0n) is 10.5. The topological polar surface area (TPSA) is 66.9 Å². The maximum atomic E-state index is 12.5. The van der Waals surface area contributed by atoms with Crippen LogP contribution >= 0.6 is 11.8 Å². The van der Waals surface area contributed by atoms with Crippen molar-refractivity contribution in [2.24, 2.45) is 0 Å². The van der Waals surface area contributed by atoms with E-state index in [9.17, 15) is 14.7 Å². The second-order valence-corrected chi connectivity index (χ2v) is 6.06. The Bertz CT molecular complexity index is 569. The van der Waals surface area contributed by atoms with Crippen molar-refractivity contribution in [2.75, 3.05) is 5.75 Å². The van der Waals surface area contributed by atoms with Gasteiger partial charge in [0.05, 0.1) is 5.56 Å². The molecule has 1 heterocycles. The van der Waals surface area contributed by atoms with Crippen molar-refractivity contribution in [1.82, 2.24) is 0 Å². The molecule has 4 nitrogen and oxygen atoms in total. The number of rotatable bonds is 4.